The van der Waals surface area contributed by atoms with E-state index in [1.54, 1.807) is 0 Å². The number of nitriles is 1. The molecule has 1 aliphatic heterocycles. The summed E-state index contributed by atoms with van der Waals surface area (Å²) in [6.07, 6.45) is 2.02. The van der Waals surface area contributed by atoms with Gasteiger partial charge in [0.1, 0.15) is 5.82 Å². The molecule has 19 heavy (non-hydrogen) atoms. The molecule has 1 fully saturated rings. The fraction of sp³-hybridized carbons (Fsp3) is 0.250. The molecule has 3 rings (SSSR count). The second-order valence-electron chi connectivity index (χ2n) is 4.89. The van der Waals surface area contributed by atoms with Crippen LogP contribution in [-0.4, -0.2) is 18.1 Å². The number of hydrogen-bond donors (Lipinski definition) is 0. The number of nitrogens with zero attached hydrogens (tertiary/aromatic N) is 3. The van der Waals surface area contributed by atoms with Gasteiger partial charge in [-0.3, -0.25) is 0 Å². The summed E-state index contributed by atoms with van der Waals surface area (Å²) >= 11 is 0. The third-order valence-electron chi connectivity index (χ3n) is 3.62. The smallest absolute Gasteiger partial charge is 0.130 e. The summed E-state index contributed by atoms with van der Waals surface area (Å²) in [5, 5.41) is 10.2. The zero-order chi connectivity index (χ0) is 13.2. The van der Waals surface area contributed by atoms with Gasteiger partial charge in [-0.1, -0.05) is 30.4 Å². The van der Waals surface area contributed by atoms with Gasteiger partial charge in [-0.2, -0.15) is 5.26 Å². The highest BCUT2D eigenvalue weighted by atomic mass is 15.2. The molecule has 0 bridgehead atoms. The number of anilines is 1. The van der Waals surface area contributed by atoms with Gasteiger partial charge in [0.25, 0.3) is 0 Å². The highest BCUT2D eigenvalue weighted by Gasteiger charge is 2.16. The zero-order valence-electron chi connectivity index (χ0n) is 10.8. The van der Waals surface area contributed by atoms with Crippen molar-refractivity contribution in [2.24, 2.45) is 0 Å². The van der Waals surface area contributed by atoms with E-state index in [0.717, 1.165) is 42.7 Å². The molecule has 0 saturated carbocycles. The summed E-state index contributed by atoms with van der Waals surface area (Å²) in [7, 11) is 0. The van der Waals surface area contributed by atoms with Gasteiger partial charge in [0.2, 0.25) is 0 Å². The second kappa shape index (κ2) is 4.74. The summed E-state index contributed by atoms with van der Waals surface area (Å²) in [6.45, 7) is 5.91. The molecule has 0 radical (unpaired) electrons. The van der Waals surface area contributed by atoms with E-state index >= 15 is 0 Å². The van der Waals surface area contributed by atoms with Crippen molar-refractivity contribution in [3.05, 3.63) is 48.0 Å². The van der Waals surface area contributed by atoms with Crippen molar-refractivity contribution in [1.82, 2.24) is 4.98 Å². The third-order valence-corrected chi connectivity index (χ3v) is 3.62. The number of para-hydroxylation sites is 1. The predicted octanol–water partition coefficient (Wildman–Crippen LogP) is 3.26. The van der Waals surface area contributed by atoms with Gasteiger partial charge in [0, 0.05) is 18.5 Å². The Morgan fingerprint density at radius 3 is 2.68 bits per heavy atom. The van der Waals surface area contributed by atoms with E-state index in [2.05, 4.69) is 22.5 Å². The minimum atomic E-state index is 0.699. The molecule has 2 aromatic rings. The maximum absolute atomic E-state index is 9.29. The van der Waals surface area contributed by atoms with Gasteiger partial charge in [-0.05, 0) is 25.0 Å². The largest absolute Gasteiger partial charge is 0.356 e. The van der Waals surface area contributed by atoms with Crippen LogP contribution in [-0.2, 0) is 0 Å². The van der Waals surface area contributed by atoms with Crippen LogP contribution in [0, 0.1) is 11.3 Å². The number of hydrogen-bond acceptors (Lipinski definition) is 3. The van der Waals surface area contributed by atoms with Gasteiger partial charge in [0.05, 0.1) is 17.1 Å². The van der Waals surface area contributed by atoms with Crippen LogP contribution in [0.25, 0.3) is 10.9 Å². The Bertz CT molecular complexity index is 672. The van der Waals surface area contributed by atoms with Crippen LogP contribution < -0.4 is 4.90 Å². The van der Waals surface area contributed by atoms with E-state index in [9.17, 15) is 5.26 Å². The van der Waals surface area contributed by atoms with Crippen LogP contribution in [0.3, 0.4) is 0 Å². The zero-order valence-corrected chi connectivity index (χ0v) is 10.8. The average Bonchev–Trinajstić information content (AvgIpc) is 2.47. The molecular formula is C16H15N3. The van der Waals surface area contributed by atoms with Gasteiger partial charge in [-0.15, -0.1) is 0 Å². The topological polar surface area (TPSA) is 39.9 Å². The molecular weight excluding hydrogens is 234 g/mol. The van der Waals surface area contributed by atoms with Crippen molar-refractivity contribution in [2.75, 3.05) is 18.0 Å². The van der Waals surface area contributed by atoms with Crippen molar-refractivity contribution in [3.63, 3.8) is 0 Å². The number of fused-ring (bicyclic) bond motifs is 1. The Hall–Kier alpha value is -2.34. The van der Waals surface area contributed by atoms with Gasteiger partial charge >= 0.3 is 0 Å². The van der Waals surface area contributed by atoms with E-state index in [4.69, 9.17) is 0 Å². The van der Waals surface area contributed by atoms with Crippen molar-refractivity contribution >= 4 is 16.7 Å². The summed E-state index contributed by atoms with van der Waals surface area (Å²) in [6, 6.07) is 12.0. The lowest BCUT2D eigenvalue weighted by Gasteiger charge is -2.29. The van der Waals surface area contributed by atoms with Crippen molar-refractivity contribution in [3.8, 4) is 6.07 Å². The number of pyridine rings is 1. The standard InChI is InChI=1S/C16H15N3/c1-12-6-8-19(9-7-12)16-10-13(11-17)14-4-2-3-5-15(14)18-16/h2-5,10H,1,6-9H2. The molecule has 0 atom stereocenters. The second-order valence-corrected chi connectivity index (χ2v) is 4.89. The number of piperidine rings is 1. The third kappa shape index (κ3) is 2.17. The molecule has 2 heterocycles. The van der Waals surface area contributed by atoms with Crippen LogP contribution in [0.5, 0.6) is 0 Å². The van der Waals surface area contributed by atoms with Gasteiger partial charge < -0.3 is 4.90 Å². The van der Waals surface area contributed by atoms with E-state index in [1.165, 1.54) is 5.57 Å². The summed E-state index contributed by atoms with van der Waals surface area (Å²) in [4.78, 5) is 6.92. The molecule has 1 aromatic carbocycles. The molecule has 3 nitrogen and oxygen atoms in total. The Morgan fingerprint density at radius 2 is 1.95 bits per heavy atom. The minimum absolute atomic E-state index is 0.699. The van der Waals surface area contributed by atoms with Crippen molar-refractivity contribution in [2.45, 2.75) is 12.8 Å². The average molecular weight is 249 g/mol. The molecule has 0 amide bonds. The molecule has 3 heteroatoms. The van der Waals surface area contributed by atoms with E-state index in [0.29, 0.717) is 5.56 Å². The first-order chi connectivity index (χ1) is 9.28. The lowest BCUT2D eigenvalue weighted by molar-refractivity contribution is 0.680. The Labute approximate surface area is 112 Å². The molecule has 0 unspecified atom stereocenters. The van der Waals surface area contributed by atoms with E-state index in [-0.39, 0.29) is 0 Å². The molecule has 0 spiro atoms. The molecule has 1 aliphatic rings. The maximum atomic E-state index is 9.29. The normalized spacial score (nSPS) is 15.5. The molecule has 0 N–H and O–H groups in total. The summed E-state index contributed by atoms with van der Waals surface area (Å²) in [5.74, 6) is 0.905. The first-order valence-electron chi connectivity index (χ1n) is 6.49. The van der Waals surface area contributed by atoms with Gasteiger partial charge in [0.15, 0.2) is 0 Å². The minimum Gasteiger partial charge on any atom is -0.356 e. The SMILES string of the molecule is C=C1CCN(c2cc(C#N)c3ccccc3n2)CC1. The monoisotopic (exact) mass is 249 g/mol. The lowest BCUT2D eigenvalue weighted by atomic mass is 10.1. The fourth-order valence-corrected chi connectivity index (χ4v) is 2.47. The van der Waals surface area contributed by atoms with Gasteiger partial charge in [-0.25, -0.2) is 4.98 Å². The Morgan fingerprint density at radius 1 is 1.21 bits per heavy atom. The lowest BCUT2D eigenvalue weighted by Crippen LogP contribution is -2.31. The predicted molar refractivity (Wildman–Crippen MR) is 77.0 cm³/mol. The van der Waals surface area contributed by atoms with Crippen molar-refractivity contribution < 1.29 is 0 Å². The maximum Gasteiger partial charge on any atom is 0.130 e. The molecule has 1 aromatic heterocycles. The fourth-order valence-electron chi connectivity index (χ4n) is 2.47. The summed E-state index contributed by atoms with van der Waals surface area (Å²) in [5.41, 5.74) is 2.89. The van der Waals surface area contributed by atoms with Crippen LogP contribution in [0.2, 0.25) is 0 Å². The van der Waals surface area contributed by atoms with E-state index in [1.807, 2.05) is 30.3 Å². The number of rotatable bonds is 1. The summed E-state index contributed by atoms with van der Waals surface area (Å²) < 4.78 is 0. The molecule has 94 valence electrons. The van der Waals surface area contributed by atoms with E-state index < -0.39 is 0 Å². The highest BCUT2D eigenvalue weighted by Crippen LogP contribution is 2.25. The first-order valence-corrected chi connectivity index (χ1v) is 6.49. The van der Waals surface area contributed by atoms with Crippen LogP contribution >= 0.6 is 0 Å². The number of benzene rings is 1. The molecule has 0 aliphatic carbocycles. The van der Waals surface area contributed by atoms with Crippen LogP contribution in [0.1, 0.15) is 18.4 Å². The first kappa shape index (κ1) is 11.7. The van der Waals surface area contributed by atoms with Crippen LogP contribution in [0.4, 0.5) is 5.82 Å². The van der Waals surface area contributed by atoms with Crippen molar-refractivity contribution in [1.29, 1.82) is 5.26 Å². The quantitative estimate of drug-likeness (QED) is 0.728. The number of aromatic nitrogens is 1. The molecule has 1 saturated heterocycles. The Kier molecular flexibility index (Phi) is 2.92. The highest BCUT2D eigenvalue weighted by molar-refractivity contribution is 5.86. The van der Waals surface area contributed by atoms with Crippen LogP contribution in [0.15, 0.2) is 42.5 Å². The Balaban J connectivity index is 2.05.